The highest BCUT2D eigenvalue weighted by atomic mass is 32.1. The van der Waals surface area contributed by atoms with Gasteiger partial charge in [0.1, 0.15) is 0 Å². The van der Waals surface area contributed by atoms with E-state index in [0.717, 1.165) is 29.5 Å². The van der Waals surface area contributed by atoms with Crippen molar-refractivity contribution in [1.29, 1.82) is 0 Å². The first-order valence-electron chi connectivity index (χ1n) is 5.58. The third-order valence-corrected chi connectivity index (χ3v) is 3.58. The largest absolute Gasteiger partial charge is 0.438 e. The van der Waals surface area contributed by atoms with Crippen LogP contribution in [0.25, 0.3) is 10.6 Å². The molecule has 0 bridgehead atoms. The Bertz CT molecular complexity index is 447. The van der Waals surface area contributed by atoms with Gasteiger partial charge in [-0.05, 0) is 25.1 Å². The van der Waals surface area contributed by atoms with Crippen molar-refractivity contribution >= 4 is 11.3 Å². The number of rotatable bonds is 5. The van der Waals surface area contributed by atoms with Crippen molar-refractivity contribution in [1.82, 2.24) is 10.3 Å². The zero-order valence-corrected chi connectivity index (χ0v) is 10.4. The summed E-state index contributed by atoms with van der Waals surface area (Å²) in [5.41, 5.74) is 0. The summed E-state index contributed by atoms with van der Waals surface area (Å²) in [4.78, 5) is 6.78. The minimum atomic E-state index is 0.697. The van der Waals surface area contributed by atoms with Gasteiger partial charge in [-0.25, -0.2) is 4.98 Å². The minimum Gasteiger partial charge on any atom is -0.438 e. The molecular weight excluding hydrogens is 220 g/mol. The van der Waals surface area contributed by atoms with Gasteiger partial charge < -0.3 is 9.73 Å². The van der Waals surface area contributed by atoms with Gasteiger partial charge in [0.15, 0.2) is 5.76 Å². The fraction of sp³-hybridized carbons (Fsp3) is 0.417. The van der Waals surface area contributed by atoms with Crippen LogP contribution in [0.1, 0.15) is 24.6 Å². The maximum Gasteiger partial charge on any atom is 0.208 e. The third-order valence-electron chi connectivity index (χ3n) is 2.33. The van der Waals surface area contributed by atoms with Gasteiger partial charge in [0.2, 0.25) is 5.89 Å². The predicted molar refractivity (Wildman–Crippen MR) is 66.6 cm³/mol. The SMILES string of the molecule is CCNCc1ncc(-c2ccc(CC)s2)o1. The van der Waals surface area contributed by atoms with E-state index in [9.17, 15) is 0 Å². The Labute approximate surface area is 99.5 Å². The quantitative estimate of drug-likeness (QED) is 0.867. The molecule has 0 fully saturated rings. The number of nitrogens with zero attached hydrogens (tertiary/aromatic N) is 1. The molecule has 2 aromatic rings. The van der Waals surface area contributed by atoms with E-state index in [2.05, 4.69) is 36.3 Å². The second kappa shape index (κ2) is 5.27. The summed E-state index contributed by atoms with van der Waals surface area (Å²) in [6.07, 6.45) is 2.88. The summed E-state index contributed by atoms with van der Waals surface area (Å²) in [6.45, 7) is 5.85. The molecule has 0 aliphatic carbocycles. The summed E-state index contributed by atoms with van der Waals surface area (Å²) >= 11 is 1.77. The Kier molecular flexibility index (Phi) is 3.74. The van der Waals surface area contributed by atoms with Crippen LogP contribution in [0.3, 0.4) is 0 Å². The van der Waals surface area contributed by atoms with Crippen molar-refractivity contribution in [2.24, 2.45) is 0 Å². The molecule has 86 valence electrons. The molecule has 2 heterocycles. The van der Waals surface area contributed by atoms with Crippen LogP contribution in [0.4, 0.5) is 0 Å². The summed E-state index contributed by atoms with van der Waals surface area (Å²) in [7, 11) is 0. The van der Waals surface area contributed by atoms with E-state index < -0.39 is 0 Å². The number of nitrogens with one attached hydrogen (secondary N) is 1. The van der Waals surface area contributed by atoms with Gasteiger partial charge in [-0.2, -0.15) is 0 Å². The number of aryl methyl sites for hydroxylation is 1. The third kappa shape index (κ3) is 2.51. The molecule has 0 saturated carbocycles. The van der Waals surface area contributed by atoms with E-state index in [0.29, 0.717) is 6.54 Å². The van der Waals surface area contributed by atoms with Crippen molar-refractivity contribution in [3.8, 4) is 10.6 Å². The van der Waals surface area contributed by atoms with Crippen molar-refractivity contribution < 1.29 is 4.42 Å². The Morgan fingerprint density at radius 3 is 2.94 bits per heavy atom. The average molecular weight is 236 g/mol. The van der Waals surface area contributed by atoms with Crippen molar-refractivity contribution in [3.05, 3.63) is 29.1 Å². The van der Waals surface area contributed by atoms with Gasteiger partial charge in [0, 0.05) is 4.88 Å². The lowest BCUT2D eigenvalue weighted by atomic mass is 10.3. The molecule has 2 rings (SSSR count). The van der Waals surface area contributed by atoms with E-state index >= 15 is 0 Å². The van der Waals surface area contributed by atoms with Crippen LogP contribution in [0.15, 0.2) is 22.7 Å². The molecular formula is C12H16N2OS. The normalized spacial score (nSPS) is 10.9. The Morgan fingerprint density at radius 1 is 1.38 bits per heavy atom. The average Bonchev–Trinajstić information content (AvgIpc) is 2.94. The maximum absolute atomic E-state index is 5.67. The smallest absolute Gasteiger partial charge is 0.208 e. The molecule has 0 spiro atoms. The number of hydrogen-bond donors (Lipinski definition) is 1. The molecule has 0 aliphatic rings. The van der Waals surface area contributed by atoms with Crippen LogP contribution in [-0.2, 0) is 13.0 Å². The van der Waals surface area contributed by atoms with Crippen molar-refractivity contribution in [3.63, 3.8) is 0 Å². The molecule has 1 N–H and O–H groups in total. The van der Waals surface area contributed by atoms with E-state index in [1.165, 1.54) is 4.88 Å². The van der Waals surface area contributed by atoms with E-state index in [1.807, 2.05) is 0 Å². The van der Waals surface area contributed by atoms with E-state index in [-0.39, 0.29) is 0 Å². The van der Waals surface area contributed by atoms with E-state index in [4.69, 9.17) is 4.42 Å². The molecule has 3 nitrogen and oxygen atoms in total. The summed E-state index contributed by atoms with van der Waals surface area (Å²) < 4.78 is 5.67. The van der Waals surface area contributed by atoms with E-state index in [1.54, 1.807) is 17.5 Å². The fourth-order valence-corrected chi connectivity index (χ4v) is 2.33. The predicted octanol–water partition coefficient (Wildman–Crippen LogP) is 3.08. The van der Waals surface area contributed by atoms with Crippen LogP contribution in [0.5, 0.6) is 0 Å². The first kappa shape index (κ1) is 11.4. The minimum absolute atomic E-state index is 0.697. The second-order valence-electron chi connectivity index (χ2n) is 3.52. The second-order valence-corrected chi connectivity index (χ2v) is 4.69. The molecule has 0 atom stereocenters. The summed E-state index contributed by atoms with van der Waals surface area (Å²) in [5.74, 6) is 1.63. The molecule has 2 aromatic heterocycles. The number of thiophene rings is 1. The van der Waals surface area contributed by atoms with Gasteiger partial charge in [-0.15, -0.1) is 11.3 Å². The first-order valence-corrected chi connectivity index (χ1v) is 6.39. The monoisotopic (exact) mass is 236 g/mol. The van der Waals surface area contributed by atoms with Crippen LogP contribution in [0.2, 0.25) is 0 Å². The van der Waals surface area contributed by atoms with Crippen LogP contribution in [-0.4, -0.2) is 11.5 Å². The highest BCUT2D eigenvalue weighted by molar-refractivity contribution is 7.15. The van der Waals surface area contributed by atoms with Crippen LogP contribution in [0, 0.1) is 0 Å². The van der Waals surface area contributed by atoms with Gasteiger partial charge in [-0.1, -0.05) is 13.8 Å². The number of oxazole rings is 1. The fourth-order valence-electron chi connectivity index (χ4n) is 1.44. The Morgan fingerprint density at radius 2 is 2.25 bits per heavy atom. The highest BCUT2D eigenvalue weighted by Gasteiger charge is 2.08. The summed E-state index contributed by atoms with van der Waals surface area (Å²) in [5, 5.41) is 3.19. The molecule has 0 radical (unpaired) electrons. The molecule has 0 amide bonds. The van der Waals surface area contributed by atoms with Crippen molar-refractivity contribution in [2.45, 2.75) is 26.8 Å². The van der Waals surface area contributed by atoms with Gasteiger partial charge in [0.05, 0.1) is 17.6 Å². The Hall–Kier alpha value is -1.13. The summed E-state index contributed by atoms with van der Waals surface area (Å²) in [6, 6.07) is 4.24. The van der Waals surface area contributed by atoms with Crippen LogP contribution < -0.4 is 5.32 Å². The first-order chi connectivity index (χ1) is 7.83. The lowest BCUT2D eigenvalue weighted by molar-refractivity contribution is 0.483. The number of aromatic nitrogens is 1. The molecule has 0 aromatic carbocycles. The Balaban J connectivity index is 2.11. The molecule has 16 heavy (non-hydrogen) atoms. The maximum atomic E-state index is 5.67. The van der Waals surface area contributed by atoms with Crippen LogP contribution >= 0.6 is 11.3 Å². The standard InChI is InChI=1S/C12H16N2OS/c1-3-9-5-6-11(16-9)10-7-14-12(15-10)8-13-4-2/h5-7,13H,3-4,8H2,1-2H3. The zero-order chi connectivity index (χ0) is 11.4. The molecule has 0 aliphatic heterocycles. The zero-order valence-electron chi connectivity index (χ0n) is 9.62. The topological polar surface area (TPSA) is 38.1 Å². The van der Waals surface area contributed by atoms with Crippen molar-refractivity contribution in [2.75, 3.05) is 6.54 Å². The molecule has 4 heteroatoms. The lowest BCUT2D eigenvalue weighted by Gasteiger charge is -1.94. The molecule has 0 unspecified atom stereocenters. The number of hydrogen-bond acceptors (Lipinski definition) is 4. The highest BCUT2D eigenvalue weighted by Crippen LogP contribution is 2.28. The van der Waals surface area contributed by atoms with Gasteiger partial charge >= 0.3 is 0 Å². The lowest BCUT2D eigenvalue weighted by Crippen LogP contribution is -2.11. The molecule has 0 saturated heterocycles. The van der Waals surface area contributed by atoms with Gasteiger partial charge in [-0.3, -0.25) is 0 Å². The van der Waals surface area contributed by atoms with Gasteiger partial charge in [0.25, 0.3) is 0 Å².